The van der Waals surface area contributed by atoms with Crippen molar-refractivity contribution in [1.82, 2.24) is 14.9 Å². The number of alkyl halides is 3. The summed E-state index contributed by atoms with van der Waals surface area (Å²) in [5, 5.41) is 7.74. The molecule has 2 aromatic heterocycles. The van der Waals surface area contributed by atoms with Crippen LogP contribution in [-0.2, 0) is 22.4 Å². The van der Waals surface area contributed by atoms with Crippen molar-refractivity contribution >= 4 is 38.2 Å². The number of benzene rings is 3. The summed E-state index contributed by atoms with van der Waals surface area (Å²) >= 11 is 0. The van der Waals surface area contributed by atoms with Crippen LogP contribution < -0.4 is 10.6 Å². The van der Waals surface area contributed by atoms with E-state index in [4.69, 9.17) is 10.3 Å². The summed E-state index contributed by atoms with van der Waals surface area (Å²) in [5.41, 5.74) is 7.31. The van der Waals surface area contributed by atoms with Crippen LogP contribution in [-0.4, -0.2) is 41.6 Å². The first kappa shape index (κ1) is 26.6. The zero-order valence-corrected chi connectivity index (χ0v) is 22.3. The van der Waals surface area contributed by atoms with Gasteiger partial charge in [0, 0.05) is 23.9 Å². The number of anilines is 2. The molecule has 0 radical (unpaired) electrons. The van der Waals surface area contributed by atoms with E-state index in [1.165, 1.54) is 23.1 Å². The quantitative estimate of drug-likeness (QED) is 0.300. The van der Waals surface area contributed by atoms with Gasteiger partial charge in [-0.05, 0) is 53.9 Å². The molecule has 0 fully saturated rings. The largest absolute Gasteiger partial charge is 0.435 e. The maximum Gasteiger partial charge on any atom is 0.435 e. The zero-order valence-electron chi connectivity index (χ0n) is 21.5. The highest BCUT2D eigenvalue weighted by atomic mass is 32.2. The molecule has 1 amide bonds. The van der Waals surface area contributed by atoms with Crippen molar-refractivity contribution in [2.24, 2.45) is 0 Å². The molecular weight excluding hydrogens is 559 g/mol. The van der Waals surface area contributed by atoms with Crippen LogP contribution in [0.3, 0.4) is 0 Å². The predicted octanol–water partition coefficient (Wildman–Crippen LogP) is 5.28. The third kappa shape index (κ3) is 4.51. The van der Waals surface area contributed by atoms with E-state index < -0.39 is 27.6 Å². The third-order valence-electron chi connectivity index (χ3n) is 7.08. The molecule has 0 bridgehead atoms. The Hall–Kier alpha value is -4.65. The van der Waals surface area contributed by atoms with E-state index in [0.717, 1.165) is 16.3 Å². The van der Waals surface area contributed by atoms with E-state index in [0.29, 0.717) is 34.2 Å². The number of hydrogen-bond acceptors (Lipinski definition) is 7. The third-order valence-corrected chi connectivity index (χ3v) is 8.86. The molecule has 0 atom stereocenters. The Bertz CT molecular complexity index is 1950. The van der Waals surface area contributed by atoms with Crippen LogP contribution in [0.15, 0.2) is 76.1 Å². The predicted molar refractivity (Wildman–Crippen MR) is 146 cm³/mol. The highest BCUT2D eigenvalue weighted by Gasteiger charge is 2.38. The van der Waals surface area contributed by atoms with Gasteiger partial charge < -0.3 is 15.2 Å². The summed E-state index contributed by atoms with van der Waals surface area (Å²) in [6.45, 7) is 1.79. The van der Waals surface area contributed by atoms with E-state index in [1.807, 2.05) is 6.07 Å². The molecule has 9 nitrogen and oxygen atoms in total. The molecule has 3 aromatic carbocycles. The molecule has 1 aliphatic heterocycles. The number of hydrogen-bond donors (Lipinski definition) is 1. The van der Waals surface area contributed by atoms with Gasteiger partial charge in [0.25, 0.3) is 5.91 Å². The lowest BCUT2D eigenvalue weighted by molar-refractivity contribution is -0.141. The van der Waals surface area contributed by atoms with Crippen LogP contribution in [0.2, 0.25) is 0 Å². The highest BCUT2D eigenvalue weighted by molar-refractivity contribution is 7.91. The van der Waals surface area contributed by atoms with Crippen molar-refractivity contribution in [2.45, 2.75) is 24.4 Å². The fourth-order valence-corrected chi connectivity index (χ4v) is 6.11. The fourth-order valence-electron chi connectivity index (χ4n) is 5.00. The number of rotatable bonds is 5. The van der Waals surface area contributed by atoms with Crippen LogP contribution >= 0.6 is 0 Å². The van der Waals surface area contributed by atoms with E-state index in [-0.39, 0.29) is 34.4 Å². The van der Waals surface area contributed by atoms with Crippen molar-refractivity contribution in [1.29, 1.82) is 0 Å². The average molecular weight is 582 g/mol. The number of nitrogens with two attached hydrogens (primary N) is 1. The maximum atomic E-state index is 13.8. The smallest absolute Gasteiger partial charge is 0.380 e. The molecule has 5 aromatic rings. The standard InChI is InChI=1S/C28H22F3N5O4S/c1-2-41(38,39)24-6-4-3-5-19(24)16-7-9-21-17(13-16)11-12-35(21)27(37)22-15-25(28(29,30)31)33-36(22)18-8-10-23-20(14-18)26(32)34-40-23/h3-10,13-15H,2,11-12H2,1H3,(H2,32,34). The number of carbonyl (C=O) groups is 1. The van der Waals surface area contributed by atoms with Crippen molar-refractivity contribution in [3.8, 4) is 16.8 Å². The molecule has 0 saturated carbocycles. The second-order valence-electron chi connectivity index (χ2n) is 9.52. The van der Waals surface area contributed by atoms with Crippen molar-refractivity contribution < 1.29 is 30.9 Å². The van der Waals surface area contributed by atoms with Crippen molar-refractivity contribution in [3.63, 3.8) is 0 Å². The molecule has 2 N–H and O–H groups in total. The summed E-state index contributed by atoms with van der Waals surface area (Å²) in [6, 6.07) is 17.0. The minimum Gasteiger partial charge on any atom is -0.380 e. The van der Waals surface area contributed by atoms with Crippen LogP contribution in [0.5, 0.6) is 0 Å². The maximum absolute atomic E-state index is 13.8. The first-order valence-corrected chi connectivity index (χ1v) is 14.2. The minimum atomic E-state index is -4.79. The van der Waals surface area contributed by atoms with Crippen molar-refractivity contribution in [2.75, 3.05) is 22.9 Å². The number of nitrogens with zero attached hydrogens (tertiary/aromatic N) is 4. The SMILES string of the molecule is CCS(=O)(=O)c1ccccc1-c1ccc2c(c1)CCN2C(=O)c1cc(C(F)(F)F)nn1-c1ccc2onc(N)c2c1. The molecule has 3 heterocycles. The van der Waals surface area contributed by atoms with Gasteiger partial charge in [0.2, 0.25) is 0 Å². The fraction of sp³-hybridized carbons (Fsp3) is 0.179. The van der Waals surface area contributed by atoms with Crippen LogP contribution in [0.25, 0.3) is 27.8 Å². The average Bonchev–Trinajstić information content (AvgIpc) is 3.69. The lowest BCUT2D eigenvalue weighted by Crippen LogP contribution is -2.30. The first-order chi connectivity index (χ1) is 19.5. The summed E-state index contributed by atoms with van der Waals surface area (Å²) in [5.74, 6) is -0.677. The van der Waals surface area contributed by atoms with E-state index >= 15 is 0 Å². The van der Waals surface area contributed by atoms with Gasteiger partial charge in [-0.3, -0.25) is 4.79 Å². The Morgan fingerprint density at radius 3 is 2.61 bits per heavy atom. The number of nitrogen functional groups attached to an aromatic ring is 1. The molecule has 41 heavy (non-hydrogen) atoms. The van der Waals surface area contributed by atoms with Crippen LogP contribution in [0.1, 0.15) is 28.7 Å². The Labute approximate surface area is 231 Å². The summed E-state index contributed by atoms with van der Waals surface area (Å²) in [4.78, 5) is 15.4. The lowest BCUT2D eigenvalue weighted by atomic mass is 10.0. The summed E-state index contributed by atoms with van der Waals surface area (Å²) < 4.78 is 72.5. The number of halogens is 3. The minimum absolute atomic E-state index is 0.0514. The van der Waals surface area contributed by atoms with Crippen molar-refractivity contribution in [3.05, 3.63) is 83.7 Å². The topological polar surface area (TPSA) is 124 Å². The van der Waals surface area contributed by atoms with Gasteiger partial charge in [-0.2, -0.15) is 18.3 Å². The Kier molecular flexibility index (Phi) is 6.14. The molecule has 0 saturated heterocycles. The monoisotopic (exact) mass is 581 g/mol. The van der Waals surface area contributed by atoms with Gasteiger partial charge >= 0.3 is 6.18 Å². The summed E-state index contributed by atoms with van der Waals surface area (Å²) in [7, 11) is -3.49. The number of amides is 1. The molecule has 210 valence electrons. The van der Waals surface area contributed by atoms with Gasteiger partial charge in [-0.25, -0.2) is 13.1 Å². The molecule has 13 heteroatoms. The molecule has 0 spiro atoms. The van der Waals surface area contributed by atoms with Gasteiger partial charge in [0.15, 0.2) is 26.9 Å². The van der Waals surface area contributed by atoms with E-state index in [1.54, 1.807) is 43.3 Å². The normalized spacial score (nSPS) is 13.6. The number of sulfone groups is 1. The molecular formula is C28H22F3N5O4S. The number of fused-ring (bicyclic) bond motifs is 2. The van der Waals surface area contributed by atoms with Gasteiger partial charge in [0.1, 0.15) is 5.69 Å². The molecule has 6 rings (SSSR count). The zero-order chi connectivity index (χ0) is 29.1. The summed E-state index contributed by atoms with van der Waals surface area (Å²) in [6.07, 6.45) is -4.36. The molecule has 0 aliphatic carbocycles. The second-order valence-corrected chi connectivity index (χ2v) is 11.8. The number of carbonyl (C=O) groups excluding carboxylic acids is 1. The molecule has 0 unspecified atom stereocenters. The Morgan fingerprint density at radius 1 is 1.07 bits per heavy atom. The van der Waals surface area contributed by atoms with E-state index in [9.17, 15) is 26.4 Å². The second kappa shape index (κ2) is 9.47. The van der Waals surface area contributed by atoms with E-state index in [2.05, 4.69) is 10.3 Å². The van der Waals surface area contributed by atoms with Gasteiger partial charge in [-0.1, -0.05) is 36.3 Å². The number of aromatic nitrogens is 3. The Morgan fingerprint density at radius 2 is 1.85 bits per heavy atom. The lowest BCUT2D eigenvalue weighted by Gasteiger charge is -2.18. The first-order valence-electron chi connectivity index (χ1n) is 12.6. The highest BCUT2D eigenvalue weighted by Crippen LogP contribution is 2.37. The van der Waals surface area contributed by atoms with Gasteiger partial charge in [0.05, 0.1) is 21.7 Å². The molecule has 1 aliphatic rings. The van der Waals surface area contributed by atoms with Gasteiger partial charge in [-0.15, -0.1) is 0 Å². The van der Waals surface area contributed by atoms with Crippen LogP contribution in [0.4, 0.5) is 24.7 Å². The Balaban J connectivity index is 1.40. The van der Waals surface area contributed by atoms with Crippen LogP contribution in [0, 0.1) is 0 Å².